The Balaban J connectivity index is 1.33. The molecular formula is C25H30N6O2. The highest BCUT2D eigenvalue weighted by atomic mass is 16.1. The number of aromatic amines is 1. The van der Waals surface area contributed by atoms with Crippen LogP contribution in [0.5, 0.6) is 0 Å². The van der Waals surface area contributed by atoms with Crippen LogP contribution in [0, 0.1) is 0 Å². The van der Waals surface area contributed by atoms with Crippen molar-refractivity contribution in [1.82, 2.24) is 25.2 Å². The van der Waals surface area contributed by atoms with Gasteiger partial charge in [-0.25, -0.2) is 4.98 Å². The molecule has 2 N–H and O–H groups in total. The summed E-state index contributed by atoms with van der Waals surface area (Å²) in [5, 5.41) is 2.62. The number of aryl methyl sites for hydroxylation is 1. The molecule has 8 nitrogen and oxygen atoms in total. The van der Waals surface area contributed by atoms with E-state index in [1.165, 1.54) is 12.8 Å². The number of fused-ring (bicyclic) bond motifs is 2. The molecule has 0 aromatic carbocycles. The molecule has 2 atom stereocenters. The minimum absolute atomic E-state index is 0.0236. The van der Waals surface area contributed by atoms with E-state index in [0.29, 0.717) is 24.2 Å². The number of carbonyl (C=O) groups is 1. The average Bonchev–Trinajstić information content (AvgIpc) is 3.34. The molecule has 1 saturated heterocycles. The van der Waals surface area contributed by atoms with Crippen LogP contribution >= 0.6 is 0 Å². The number of nitrogens with one attached hydrogen (secondary N) is 2. The average molecular weight is 447 g/mol. The lowest BCUT2D eigenvalue weighted by Crippen LogP contribution is -2.57. The largest absolute Gasteiger partial charge is 0.364 e. The fraction of sp³-hybridized carbons (Fsp3) is 0.440. The minimum atomic E-state index is -0.165. The van der Waals surface area contributed by atoms with Gasteiger partial charge in [-0.3, -0.25) is 19.5 Å². The number of carbonyl (C=O) groups excluding carboxylic acids is 1. The molecule has 8 heteroatoms. The highest BCUT2D eigenvalue weighted by molar-refractivity contribution is 5.92. The van der Waals surface area contributed by atoms with Gasteiger partial charge < -0.3 is 15.2 Å². The molecule has 1 aliphatic heterocycles. The quantitative estimate of drug-likeness (QED) is 0.625. The Labute approximate surface area is 193 Å². The second kappa shape index (κ2) is 8.94. The van der Waals surface area contributed by atoms with E-state index in [1.54, 1.807) is 13.1 Å². The van der Waals surface area contributed by atoms with E-state index in [4.69, 9.17) is 0 Å². The summed E-state index contributed by atoms with van der Waals surface area (Å²) in [6.45, 7) is 4.67. The third-order valence-electron chi connectivity index (χ3n) is 7.07. The predicted octanol–water partition coefficient (Wildman–Crippen LogP) is 2.48. The summed E-state index contributed by atoms with van der Waals surface area (Å²) >= 11 is 0. The third-order valence-corrected chi connectivity index (χ3v) is 7.07. The van der Waals surface area contributed by atoms with E-state index in [9.17, 15) is 9.59 Å². The van der Waals surface area contributed by atoms with Gasteiger partial charge in [0.05, 0.1) is 22.9 Å². The Morgan fingerprint density at radius 3 is 2.76 bits per heavy atom. The highest BCUT2D eigenvalue weighted by Gasteiger charge is 2.39. The first-order valence-electron chi connectivity index (χ1n) is 11.8. The van der Waals surface area contributed by atoms with Crippen molar-refractivity contribution in [3.05, 3.63) is 63.8 Å². The lowest BCUT2D eigenvalue weighted by Gasteiger charge is -2.46. The maximum Gasteiger partial charge on any atom is 0.269 e. The predicted molar refractivity (Wildman–Crippen MR) is 129 cm³/mol. The zero-order valence-corrected chi connectivity index (χ0v) is 19.2. The molecule has 3 aromatic heterocycles. The summed E-state index contributed by atoms with van der Waals surface area (Å²) in [5.74, 6) is -0.165. The molecule has 1 amide bonds. The number of rotatable bonds is 5. The fourth-order valence-electron chi connectivity index (χ4n) is 5.36. The van der Waals surface area contributed by atoms with Gasteiger partial charge in [0.2, 0.25) is 0 Å². The molecule has 2 aliphatic rings. The van der Waals surface area contributed by atoms with Gasteiger partial charge in [0.15, 0.2) is 0 Å². The number of anilines is 1. The Morgan fingerprint density at radius 1 is 1.15 bits per heavy atom. The van der Waals surface area contributed by atoms with Gasteiger partial charge >= 0.3 is 0 Å². The van der Waals surface area contributed by atoms with Crippen LogP contribution in [-0.4, -0.2) is 58.0 Å². The van der Waals surface area contributed by atoms with Gasteiger partial charge in [-0.15, -0.1) is 0 Å². The number of hydrogen-bond donors (Lipinski definition) is 2. The maximum atomic E-state index is 12.2. The van der Waals surface area contributed by atoms with Gasteiger partial charge in [0.25, 0.3) is 11.5 Å². The second-order valence-electron chi connectivity index (χ2n) is 8.96. The van der Waals surface area contributed by atoms with Crippen LogP contribution in [0.4, 0.5) is 5.69 Å². The maximum absolute atomic E-state index is 12.2. The van der Waals surface area contributed by atoms with Crippen LogP contribution in [0.15, 0.2) is 41.5 Å². The molecule has 0 spiro atoms. The summed E-state index contributed by atoms with van der Waals surface area (Å²) in [7, 11) is 1.62. The first-order chi connectivity index (χ1) is 16.1. The van der Waals surface area contributed by atoms with E-state index < -0.39 is 0 Å². The summed E-state index contributed by atoms with van der Waals surface area (Å²) in [4.78, 5) is 41.1. The topological polar surface area (TPSA) is 94.2 Å². The molecule has 0 radical (unpaired) electrons. The van der Waals surface area contributed by atoms with Gasteiger partial charge in [0, 0.05) is 50.5 Å². The van der Waals surface area contributed by atoms with Gasteiger partial charge in [-0.1, -0.05) is 6.92 Å². The van der Waals surface area contributed by atoms with E-state index in [2.05, 4.69) is 36.1 Å². The summed E-state index contributed by atoms with van der Waals surface area (Å²) < 4.78 is 0. The van der Waals surface area contributed by atoms with Gasteiger partial charge in [-0.05, 0) is 55.5 Å². The molecular weight excluding hydrogens is 416 g/mol. The van der Waals surface area contributed by atoms with E-state index in [1.807, 2.05) is 31.5 Å². The van der Waals surface area contributed by atoms with Crippen molar-refractivity contribution in [1.29, 1.82) is 0 Å². The van der Waals surface area contributed by atoms with Gasteiger partial charge in [-0.2, -0.15) is 0 Å². The number of aromatic nitrogens is 3. The number of piperazine rings is 1. The molecule has 172 valence electrons. The van der Waals surface area contributed by atoms with Crippen molar-refractivity contribution >= 4 is 22.6 Å². The van der Waals surface area contributed by atoms with E-state index in [0.717, 1.165) is 53.9 Å². The summed E-state index contributed by atoms with van der Waals surface area (Å²) in [6, 6.07) is 8.68. The minimum Gasteiger partial charge on any atom is -0.364 e. The van der Waals surface area contributed by atoms with E-state index >= 15 is 0 Å². The van der Waals surface area contributed by atoms with Crippen LogP contribution in [0.25, 0.3) is 11.0 Å². The van der Waals surface area contributed by atoms with Gasteiger partial charge in [0.1, 0.15) is 5.69 Å². The van der Waals surface area contributed by atoms with Crippen molar-refractivity contribution in [2.45, 2.75) is 51.2 Å². The molecule has 1 saturated carbocycles. The van der Waals surface area contributed by atoms with Crippen LogP contribution in [0.3, 0.4) is 0 Å². The van der Waals surface area contributed by atoms with Crippen molar-refractivity contribution < 1.29 is 4.79 Å². The second-order valence-corrected chi connectivity index (χ2v) is 8.96. The molecule has 0 unspecified atom stereocenters. The molecule has 4 heterocycles. The first kappa shape index (κ1) is 21.6. The van der Waals surface area contributed by atoms with Crippen molar-refractivity contribution in [3.8, 4) is 0 Å². The third kappa shape index (κ3) is 4.11. The number of amides is 1. The van der Waals surface area contributed by atoms with Crippen LogP contribution < -0.4 is 15.8 Å². The fourth-order valence-corrected chi connectivity index (χ4v) is 5.36. The van der Waals surface area contributed by atoms with E-state index in [-0.39, 0.29) is 11.5 Å². The number of H-pyrrole nitrogens is 1. The Morgan fingerprint density at radius 2 is 2.00 bits per heavy atom. The summed E-state index contributed by atoms with van der Waals surface area (Å²) in [6.07, 6.45) is 7.99. The molecule has 33 heavy (non-hydrogen) atoms. The molecule has 1 aliphatic carbocycles. The van der Waals surface area contributed by atoms with Crippen molar-refractivity contribution in [2.24, 2.45) is 0 Å². The van der Waals surface area contributed by atoms with Crippen molar-refractivity contribution in [2.75, 3.05) is 25.0 Å². The van der Waals surface area contributed by atoms with Crippen LogP contribution in [0.2, 0.25) is 0 Å². The number of hydrogen-bond acceptors (Lipinski definition) is 6. The normalized spacial score (nSPS) is 20.7. The Kier molecular flexibility index (Phi) is 5.85. The zero-order chi connectivity index (χ0) is 22.9. The Hall–Kier alpha value is -3.26. The monoisotopic (exact) mass is 446 g/mol. The van der Waals surface area contributed by atoms with Crippen LogP contribution in [-0.2, 0) is 13.0 Å². The highest BCUT2D eigenvalue weighted by Crippen LogP contribution is 2.35. The lowest BCUT2D eigenvalue weighted by atomic mass is 10.0. The smallest absolute Gasteiger partial charge is 0.269 e. The number of nitrogens with zero attached hydrogens (tertiary/aromatic N) is 4. The molecule has 0 bridgehead atoms. The SMILES string of the molecule is CCc1cc2ncc(CN3CCN(c4ccc(C(=O)NC)nc4)[C@@H]4CCC[C@@H]43)cc2[nH]c1=O. The first-order valence-corrected chi connectivity index (χ1v) is 11.8. The lowest BCUT2D eigenvalue weighted by molar-refractivity contribution is 0.0958. The number of pyridine rings is 3. The Bertz CT molecular complexity index is 1220. The summed E-state index contributed by atoms with van der Waals surface area (Å²) in [5.41, 5.74) is 5.03. The molecule has 5 rings (SSSR count). The molecule has 2 fully saturated rings. The molecule has 3 aromatic rings. The van der Waals surface area contributed by atoms with Crippen LogP contribution in [0.1, 0.15) is 47.8 Å². The standard InChI is InChI=1S/C25H30N6O2/c1-3-17-12-20-21(29-24(17)32)11-16(13-27-20)15-30-9-10-31(23-6-4-5-22(23)30)18-7-8-19(28-14-18)25(33)26-2/h7-8,11-14,22-23H,3-6,9-10,15H2,1-2H3,(H,26,33)(H,29,32)/t22-,23+/m0/s1. The zero-order valence-electron chi connectivity index (χ0n) is 19.2. The van der Waals surface area contributed by atoms with Crippen molar-refractivity contribution in [3.63, 3.8) is 0 Å².